The zero-order valence-electron chi connectivity index (χ0n) is 11.1. The Bertz CT molecular complexity index is 584. The summed E-state index contributed by atoms with van der Waals surface area (Å²) in [6, 6.07) is 5.40. The van der Waals surface area contributed by atoms with Crippen molar-refractivity contribution >= 4 is 11.7 Å². The van der Waals surface area contributed by atoms with Crippen LogP contribution in [-0.2, 0) is 13.5 Å². The molecule has 0 radical (unpaired) electrons. The lowest BCUT2D eigenvalue weighted by molar-refractivity contribution is 0.252. The van der Waals surface area contributed by atoms with Crippen LogP contribution in [-0.4, -0.2) is 27.3 Å². The van der Waals surface area contributed by atoms with Crippen molar-refractivity contribution in [2.75, 3.05) is 11.9 Å². The number of aromatic nitrogens is 3. The number of hydrogen-bond acceptors (Lipinski definition) is 3. The van der Waals surface area contributed by atoms with Gasteiger partial charge in [0.25, 0.3) is 0 Å². The Morgan fingerprint density at radius 3 is 3.00 bits per heavy atom. The van der Waals surface area contributed by atoms with E-state index in [1.54, 1.807) is 18.5 Å². The molecule has 2 rings (SSSR count). The average molecular weight is 277 g/mol. The van der Waals surface area contributed by atoms with Crippen LogP contribution in [0.4, 0.5) is 14.9 Å². The number of carbonyl (C=O) groups is 1. The number of anilines is 1. The molecule has 1 heterocycles. The largest absolute Gasteiger partial charge is 0.338 e. The second-order valence-electron chi connectivity index (χ2n) is 4.35. The summed E-state index contributed by atoms with van der Waals surface area (Å²) in [5.41, 5.74) is 0.427. The molecule has 7 heteroatoms. The molecule has 0 saturated heterocycles. The van der Waals surface area contributed by atoms with Gasteiger partial charge in [0, 0.05) is 25.7 Å². The third kappa shape index (κ3) is 4.04. The Kier molecular flexibility index (Phi) is 4.65. The van der Waals surface area contributed by atoms with Crippen LogP contribution < -0.4 is 10.6 Å². The molecule has 0 bridgehead atoms. The van der Waals surface area contributed by atoms with Gasteiger partial charge in [0.15, 0.2) is 0 Å². The van der Waals surface area contributed by atoms with Crippen molar-refractivity contribution < 1.29 is 9.18 Å². The quantitative estimate of drug-likeness (QED) is 0.817. The summed E-state index contributed by atoms with van der Waals surface area (Å²) in [6.07, 6.45) is 3.12. The zero-order valence-corrected chi connectivity index (χ0v) is 11.1. The molecular weight excluding hydrogens is 261 g/mol. The van der Waals surface area contributed by atoms with Gasteiger partial charge in [-0.15, -0.1) is 10.2 Å². The number of amides is 2. The van der Waals surface area contributed by atoms with E-state index in [0.29, 0.717) is 12.2 Å². The van der Waals surface area contributed by atoms with Gasteiger partial charge in [-0.2, -0.15) is 0 Å². The summed E-state index contributed by atoms with van der Waals surface area (Å²) in [4.78, 5) is 11.6. The second-order valence-corrected chi connectivity index (χ2v) is 4.35. The number of hydrogen-bond donors (Lipinski definition) is 2. The van der Waals surface area contributed by atoms with Crippen LogP contribution in [0, 0.1) is 5.82 Å². The van der Waals surface area contributed by atoms with Gasteiger partial charge in [0.1, 0.15) is 18.0 Å². The predicted octanol–water partition coefficient (Wildman–Crippen LogP) is 1.71. The fourth-order valence-corrected chi connectivity index (χ4v) is 1.72. The molecule has 20 heavy (non-hydrogen) atoms. The Labute approximate surface area is 116 Å². The van der Waals surface area contributed by atoms with E-state index in [-0.39, 0.29) is 11.8 Å². The lowest BCUT2D eigenvalue weighted by Crippen LogP contribution is -2.29. The zero-order chi connectivity index (χ0) is 14.4. The van der Waals surface area contributed by atoms with Crippen molar-refractivity contribution in [1.29, 1.82) is 0 Å². The molecule has 0 unspecified atom stereocenters. The molecule has 2 amide bonds. The Balaban J connectivity index is 1.69. The van der Waals surface area contributed by atoms with Crippen LogP contribution in [0.2, 0.25) is 0 Å². The van der Waals surface area contributed by atoms with E-state index >= 15 is 0 Å². The van der Waals surface area contributed by atoms with E-state index in [0.717, 1.165) is 18.7 Å². The van der Waals surface area contributed by atoms with Gasteiger partial charge >= 0.3 is 6.03 Å². The molecule has 0 atom stereocenters. The number of nitrogens with one attached hydrogen (secondary N) is 2. The lowest BCUT2D eigenvalue weighted by atomic mass is 10.3. The summed E-state index contributed by atoms with van der Waals surface area (Å²) in [7, 11) is 1.87. The standard InChI is InChI=1S/C13H16FN5O/c1-19-9-16-18-12(19)6-3-7-15-13(20)17-11-5-2-4-10(14)8-11/h2,4-5,8-9H,3,6-7H2,1H3,(H2,15,17,20). The third-order valence-corrected chi connectivity index (χ3v) is 2.75. The van der Waals surface area contributed by atoms with Gasteiger partial charge in [-0.1, -0.05) is 6.07 Å². The summed E-state index contributed by atoms with van der Waals surface area (Å²) in [6.45, 7) is 0.508. The maximum absolute atomic E-state index is 12.9. The smallest absolute Gasteiger partial charge is 0.319 e. The number of aryl methyl sites for hydroxylation is 2. The first-order valence-electron chi connectivity index (χ1n) is 6.28. The van der Waals surface area contributed by atoms with Gasteiger partial charge < -0.3 is 15.2 Å². The Hall–Kier alpha value is -2.44. The fraction of sp³-hybridized carbons (Fsp3) is 0.308. The topological polar surface area (TPSA) is 71.8 Å². The second kappa shape index (κ2) is 6.65. The first-order valence-corrected chi connectivity index (χ1v) is 6.28. The SMILES string of the molecule is Cn1cnnc1CCCNC(=O)Nc1cccc(F)c1. The Morgan fingerprint density at radius 1 is 1.45 bits per heavy atom. The molecular formula is C13H16FN5O. The van der Waals surface area contributed by atoms with Crippen molar-refractivity contribution in [1.82, 2.24) is 20.1 Å². The monoisotopic (exact) mass is 277 g/mol. The molecule has 2 aromatic rings. The highest BCUT2D eigenvalue weighted by molar-refractivity contribution is 5.89. The van der Waals surface area contributed by atoms with Crippen molar-refractivity contribution in [3.05, 3.63) is 42.2 Å². The summed E-state index contributed by atoms with van der Waals surface area (Å²) in [5.74, 6) is 0.488. The Morgan fingerprint density at radius 2 is 2.30 bits per heavy atom. The molecule has 0 aliphatic carbocycles. The highest BCUT2D eigenvalue weighted by Crippen LogP contribution is 2.08. The molecule has 2 N–H and O–H groups in total. The molecule has 0 fully saturated rings. The molecule has 0 aliphatic rings. The molecule has 0 spiro atoms. The van der Waals surface area contributed by atoms with E-state index in [1.807, 2.05) is 11.6 Å². The van der Waals surface area contributed by atoms with Gasteiger partial charge in [-0.05, 0) is 24.6 Å². The van der Waals surface area contributed by atoms with E-state index in [2.05, 4.69) is 20.8 Å². The number of rotatable bonds is 5. The van der Waals surface area contributed by atoms with Gasteiger partial charge in [0.2, 0.25) is 0 Å². The van der Waals surface area contributed by atoms with E-state index in [4.69, 9.17) is 0 Å². The molecule has 1 aromatic heterocycles. The maximum Gasteiger partial charge on any atom is 0.319 e. The molecule has 1 aromatic carbocycles. The number of urea groups is 1. The van der Waals surface area contributed by atoms with Crippen LogP contribution in [0.3, 0.4) is 0 Å². The minimum absolute atomic E-state index is 0.353. The van der Waals surface area contributed by atoms with Crippen molar-refractivity contribution in [2.24, 2.45) is 7.05 Å². The van der Waals surface area contributed by atoms with Gasteiger partial charge in [-0.25, -0.2) is 9.18 Å². The van der Waals surface area contributed by atoms with E-state index in [9.17, 15) is 9.18 Å². The first-order chi connectivity index (χ1) is 9.65. The number of carbonyl (C=O) groups excluding carboxylic acids is 1. The third-order valence-electron chi connectivity index (χ3n) is 2.75. The van der Waals surface area contributed by atoms with Crippen LogP contribution in [0.1, 0.15) is 12.2 Å². The van der Waals surface area contributed by atoms with Crippen molar-refractivity contribution in [2.45, 2.75) is 12.8 Å². The van der Waals surface area contributed by atoms with E-state index in [1.165, 1.54) is 12.1 Å². The van der Waals surface area contributed by atoms with Crippen molar-refractivity contribution in [3.63, 3.8) is 0 Å². The normalized spacial score (nSPS) is 10.3. The van der Waals surface area contributed by atoms with Crippen LogP contribution >= 0.6 is 0 Å². The fourth-order valence-electron chi connectivity index (χ4n) is 1.72. The van der Waals surface area contributed by atoms with E-state index < -0.39 is 0 Å². The van der Waals surface area contributed by atoms with Crippen LogP contribution in [0.5, 0.6) is 0 Å². The average Bonchev–Trinajstić information content (AvgIpc) is 2.80. The summed E-state index contributed by atoms with van der Waals surface area (Å²) >= 11 is 0. The minimum atomic E-state index is -0.384. The maximum atomic E-state index is 12.9. The predicted molar refractivity (Wildman–Crippen MR) is 72.7 cm³/mol. The van der Waals surface area contributed by atoms with Crippen molar-refractivity contribution in [3.8, 4) is 0 Å². The first kappa shape index (κ1) is 14.0. The number of benzene rings is 1. The van der Waals surface area contributed by atoms with Crippen LogP contribution in [0.15, 0.2) is 30.6 Å². The minimum Gasteiger partial charge on any atom is -0.338 e. The van der Waals surface area contributed by atoms with Gasteiger partial charge in [-0.3, -0.25) is 0 Å². The number of nitrogens with zero attached hydrogens (tertiary/aromatic N) is 3. The molecule has 0 aliphatic heterocycles. The highest BCUT2D eigenvalue weighted by Gasteiger charge is 2.03. The summed E-state index contributed by atoms with van der Waals surface area (Å²) in [5, 5.41) is 13.0. The highest BCUT2D eigenvalue weighted by atomic mass is 19.1. The van der Waals surface area contributed by atoms with Gasteiger partial charge in [0.05, 0.1) is 0 Å². The van der Waals surface area contributed by atoms with Crippen LogP contribution in [0.25, 0.3) is 0 Å². The molecule has 6 nitrogen and oxygen atoms in total. The lowest BCUT2D eigenvalue weighted by Gasteiger charge is -2.07. The summed E-state index contributed by atoms with van der Waals surface area (Å²) < 4.78 is 14.8. The molecule has 0 saturated carbocycles. The molecule has 106 valence electrons. The number of halogens is 1.